The van der Waals surface area contributed by atoms with Crippen LogP contribution in [-0.4, -0.2) is 66.0 Å². The van der Waals surface area contributed by atoms with Crippen molar-refractivity contribution in [1.82, 2.24) is 10.2 Å². The van der Waals surface area contributed by atoms with Gasteiger partial charge in [0.1, 0.15) is 12.1 Å². The zero-order valence-corrected chi connectivity index (χ0v) is 29.3. The van der Waals surface area contributed by atoms with Crippen LogP contribution in [0.4, 0.5) is 14.5 Å². The standard InChI is InChI=1S/C33H43F2N3O7P2/c1-22(23-15-17-25(18-16-23)33(34,35)47(43,44)45-46(5,6)42)21-28(39)36-29(32(2,3)4)31(41)38-20-10-14-27(38)30(40)37-19-9-12-24-11-7-8-13-26(24)37/h7-8,11,13,15-18,21,27,29H,9-10,12,14,19-20H2,1-6H3,(H,36,39)(H,43,44)/b22-21+/t27-,29+/m0/s1. The molecule has 2 heterocycles. The average Bonchev–Trinajstić information content (AvgIpc) is 3.47. The highest BCUT2D eigenvalue weighted by molar-refractivity contribution is 7.68. The van der Waals surface area contributed by atoms with Crippen LogP contribution < -0.4 is 10.2 Å². The third-order valence-electron chi connectivity index (χ3n) is 8.29. The third-order valence-corrected chi connectivity index (χ3v) is 11.7. The Morgan fingerprint density at radius 2 is 1.66 bits per heavy atom. The quantitative estimate of drug-likeness (QED) is 0.230. The maximum absolute atomic E-state index is 14.8. The molecular weight excluding hydrogens is 650 g/mol. The summed E-state index contributed by atoms with van der Waals surface area (Å²) in [5.74, 6) is -1.08. The number of carbonyl (C=O) groups excluding carboxylic acids is 3. The summed E-state index contributed by atoms with van der Waals surface area (Å²) in [6.45, 7) is 9.92. The summed E-state index contributed by atoms with van der Waals surface area (Å²) in [6.07, 6.45) is 4.14. The molecule has 2 aromatic rings. The van der Waals surface area contributed by atoms with Gasteiger partial charge in [-0.2, -0.15) is 8.78 Å². The SMILES string of the molecule is C/C(=C\C(=O)N[C@H](C(=O)N1CCC[C@H]1C(=O)N1CCCc2ccccc21)C(C)(C)C)c1ccc(C(F)(F)P(=O)(O)OP(C)(C)=O)cc1. The topological polar surface area (TPSA) is 133 Å². The molecule has 0 saturated carbocycles. The number of halogens is 2. The van der Waals surface area contributed by atoms with E-state index < -0.39 is 49.6 Å². The van der Waals surface area contributed by atoms with E-state index in [0.717, 1.165) is 49.6 Å². The molecule has 0 bridgehead atoms. The highest BCUT2D eigenvalue weighted by atomic mass is 31.3. The van der Waals surface area contributed by atoms with E-state index in [1.807, 2.05) is 45.0 Å². The fraction of sp³-hybridized carbons (Fsp3) is 0.485. The number of nitrogens with one attached hydrogen (secondary N) is 1. The maximum Gasteiger partial charge on any atom is 0.407 e. The van der Waals surface area contributed by atoms with E-state index in [9.17, 15) is 37.2 Å². The number of aryl methyl sites for hydroxylation is 1. The molecule has 0 radical (unpaired) electrons. The lowest BCUT2D eigenvalue weighted by atomic mass is 9.85. The molecule has 2 aromatic carbocycles. The number of para-hydroxylation sites is 1. The number of fused-ring (bicyclic) bond motifs is 1. The molecule has 2 N–H and O–H groups in total. The van der Waals surface area contributed by atoms with Crippen LogP contribution in [0.1, 0.15) is 63.6 Å². The number of allylic oxidation sites excluding steroid dienone is 1. The van der Waals surface area contributed by atoms with Crippen LogP contribution in [0.25, 0.3) is 5.57 Å². The van der Waals surface area contributed by atoms with Crippen LogP contribution in [0.3, 0.4) is 0 Å². The molecule has 3 amide bonds. The summed E-state index contributed by atoms with van der Waals surface area (Å²) in [7, 11) is -9.32. The van der Waals surface area contributed by atoms with Gasteiger partial charge in [0.05, 0.1) is 0 Å². The van der Waals surface area contributed by atoms with Crippen LogP contribution in [0.2, 0.25) is 0 Å². The summed E-state index contributed by atoms with van der Waals surface area (Å²) < 4.78 is 58.0. The smallest absolute Gasteiger partial charge is 0.340 e. The first-order chi connectivity index (χ1) is 21.7. The van der Waals surface area contributed by atoms with Crippen molar-refractivity contribution in [2.75, 3.05) is 31.3 Å². The van der Waals surface area contributed by atoms with E-state index in [0.29, 0.717) is 37.1 Å². The highest BCUT2D eigenvalue weighted by Gasteiger charge is 2.54. The van der Waals surface area contributed by atoms with E-state index in [4.69, 9.17) is 0 Å². The van der Waals surface area contributed by atoms with E-state index in [1.165, 1.54) is 18.2 Å². The fourth-order valence-corrected chi connectivity index (χ4v) is 8.94. The van der Waals surface area contributed by atoms with Crippen LogP contribution in [0.5, 0.6) is 0 Å². The number of benzene rings is 2. The van der Waals surface area contributed by atoms with Gasteiger partial charge in [-0.25, -0.2) is 4.31 Å². The largest absolute Gasteiger partial charge is 0.407 e. The van der Waals surface area contributed by atoms with Gasteiger partial charge >= 0.3 is 13.3 Å². The van der Waals surface area contributed by atoms with Crippen LogP contribution >= 0.6 is 15.0 Å². The Labute approximate surface area is 274 Å². The van der Waals surface area contributed by atoms with Crippen molar-refractivity contribution in [2.24, 2.45) is 5.41 Å². The van der Waals surface area contributed by atoms with Crippen molar-refractivity contribution in [3.63, 3.8) is 0 Å². The molecule has 1 unspecified atom stereocenters. The average molecular weight is 694 g/mol. The monoisotopic (exact) mass is 693 g/mol. The van der Waals surface area contributed by atoms with Gasteiger partial charge in [0, 0.05) is 43.7 Å². The number of carbonyl (C=O) groups is 3. The molecule has 1 fully saturated rings. The van der Waals surface area contributed by atoms with Crippen molar-refractivity contribution >= 4 is 43.9 Å². The van der Waals surface area contributed by atoms with Gasteiger partial charge in [-0.15, -0.1) is 0 Å². The molecule has 0 aromatic heterocycles. The minimum absolute atomic E-state index is 0.130. The second-order valence-corrected chi connectivity index (χ2v) is 18.3. The molecule has 0 spiro atoms. The number of likely N-dealkylation sites (tertiary alicyclic amines) is 1. The number of alkyl halides is 2. The van der Waals surface area contributed by atoms with Crippen molar-refractivity contribution in [2.45, 2.75) is 71.1 Å². The fourth-order valence-electron chi connectivity index (χ4n) is 5.92. The first-order valence-corrected chi connectivity index (χ1v) is 19.6. The number of anilines is 1. The lowest BCUT2D eigenvalue weighted by Crippen LogP contribution is -2.58. The van der Waals surface area contributed by atoms with Gasteiger partial charge in [-0.05, 0) is 60.8 Å². The second-order valence-electron chi connectivity index (χ2n) is 13.5. The van der Waals surface area contributed by atoms with Gasteiger partial charge < -0.3 is 20.0 Å². The van der Waals surface area contributed by atoms with E-state index >= 15 is 0 Å². The normalized spacial score (nSPS) is 19.5. The van der Waals surface area contributed by atoms with Gasteiger partial charge in [0.25, 0.3) is 0 Å². The maximum atomic E-state index is 14.8. The Morgan fingerprint density at radius 3 is 2.28 bits per heavy atom. The van der Waals surface area contributed by atoms with Crippen molar-refractivity contribution < 1.29 is 41.5 Å². The van der Waals surface area contributed by atoms with Gasteiger partial charge in [-0.3, -0.25) is 23.5 Å². The summed E-state index contributed by atoms with van der Waals surface area (Å²) in [5.41, 5.74) is -3.14. The zero-order valence-electron chi connectivity index (χ0n) is 27.5. The predicted octanol–water partition coefficient (Wildman–Crippen LogP) is 6.38. The summed E-state index contributed by atoms with van der Waals surface area (Å²) in [6, 6.07) is 10.5. The molecule has 10 nitrogen and oxygen atoms in total. The number of hydrogen-bond donors (Lipinski definition) is 2. The lowest BCUT2D eigenvalue weighted by Gasteiger charge is -2.37. The Bertz CT molecular complexity index is 1650. The molecule has 256 valence electrons. The van der Waals surface area contributed by atoms with Gasteiger partial charge in [0.15, 0.2) is 0 Å². The number of amides is 3. The van der Waals surface area contributed by atoms with Crippen molar-refractivity contribution in [3.05, 3.63) is 71.3 Å². The lowest BCUT2D eigenvalue weighted by molar-refractivity contribution is -0.142. The first kappa shape index (κ1) is 36.7. The van der Waals surface area contributed by atoms with Crippen molar-refractivity contribution in [1.29, 1.82) is 0 Å². The molecule has 2 aliphatic rings. The third kappa shape index (κ3) is 8.29. The molecule has 0 aliphatic carbocycles. The molecule has 2 aliphatic heterocycles. The first-order valence-electron chi connectivity index (χ1n) is 15.5. The zero-order chi connectivity index (χ0) is 34.9. The predicted molar refractivity (Wildman–Crippen MR) is 178 cm³/mol. The Kier molecular flexibility index (Phi) is 10.7. The summed E-state index contributed by atoms with van der Waals surface area (Å²) in [4.78, 5) is 54.2. The summed E-state index contributed by atoms with van der Waals surface area (Å²) in [5, 5.41) is 2.80. The van der Waals surface area contributed by atoms with Gasteiger partial charge in [0.2, 0.25) is 25.1 Å². The Hall–Kier alpha value is -3.17. The number of hydrogen-bond acceptors (Lipinski definition) is 6. The molecule has 14 heteroatoms. The molecule has 4 rings (SSSR count). The minimum Gasteiger partial charge on any atom is -0.340 e. The Balaban J connectivity index is 1.49. The Morgan fingerprint density at radius 1 is 1.02 bits per heavy atom. The van der Waals surface area contributed by atoms with Crippen LogP contribution in [-0.2, 0) is 39.9 Å². The van der Waals surface area contributed by atoms with Crippen LogP contribution in [0.15, 0.2) is 54.6 Å². The van der Waals surface area contributed by atoms with E-state index in [2.05, 4.69) is 9.63 Å². The number of rotatable bonds is 9. The second kappa shape index (κ2) is 13.7. The van der Waals surface area contributed by atoms with E-state index in [-0.39, 0.29) is 11.8 Å². The van der Waals surface area contributed by atoms with E-state index in [1.54, 1.807) is 16.7 Å². The molecule has 3 atom stereocenters. The molecule has 47 heavy (non-hydrogen) atoms. The molecular formula is C33H43F2N3O7P2. The van der Waals surface area contributed by atoms with Crippen LogP contribution in [0, 0.1) is 5.41 Å². The number of nitrogens with zero attached hydrogens (tertiary/aromatic N) is 2. The highest BCUT2D eigenvalue weighted by Crippen LogP contribution is 2.69. The van der Waals surface area contributed by atoms with Gasteiger partial charge in [-0.1, -0.05) is 63.2 Å². The van der Waals surface area contributed by atoms with Crippen molar-refractivity contribution in [3.8, 4) is 0 Å². The molecule has 1 saturated heterocycles. The minimum atomic E-state index is -5.62. The summed E-state index contributed by atoms with van der Waals surface area (Å²) >= 11 is 0.